The monoisotopic (exact) mass is 434 g/mol. The fourth-order valence-corrected chi connectivity index (χ4v) is 3.42. The van der Waals surface area contributed by atoms with Crippen LogP contribution in [0.3, 0.4) is 0 Å². The highest BCUT2D eigenvalue weighted by atomic mass is 35.5. The van der Waals surface area contributed by atoms with Crippen LogP contribution in [-0.2, 0) is 11.3 Å². The van der Waals surface area contributed by atoms with Gasteiger partial charge < -0.3 is 14.2 Å². The molecule has 0 saturated carbocycles. The Labute approximate surface area is 184 Å². The van der Waals surface area contributed by atoms with Crippen LogP contribution in [-0.4, -0.2) is 18.9 Å². The molecule has 31 heavy (non-hydrogen) atoms. The van der Waals surface area contributed by atoms with E-state index >= 15 is 0 Å². The molecule has 0 aliphatic carbocycles. The van der Waals surface area contributed by atoms with Crippen molar-refractivity contribution in [1.29, 1.82) is 0 Å². The van der Waals surface area contributed by atoms with Gasteiger partial charge in [-0.1, -0.05) is 35.9 Å². The molecule has 6 heteroatoms. The van der Waals surface area contributed by atoms with Gasteiger partial charge in [-0.3, -0.25) is 4.79 Å². The zero-order valence-corrected chi connectivity index (χ0v) is 17.7. The first kappa shape index (κ1) is 20.7. The second-order valence-electron chi connectivity index (χ2n) is 7.08. The van der Waals surface area contributed by atoms with E-state index < -0.39 is 5.97 Å². The summed E-state index contributed by atoms with van der Waals surface area (Å²) in [5, 5.41) is 0.670. The maximum Gasteiger partial charge on any atom is 0.337 e. The van der Waals surface area contributed by atoms with Crippen LogP contribution in [0.2, 0.25) is 5.02 Å². The summed E-state index contributed by atoms with van der Waals surface area (Å²) in [6, 6.07) is 17.7. The van der Waals surface area contributed by atoms with Gasteiger partial charge in [0.2, 0.25) is 5.78 Å². The molecule has 3 aromatic rings. The highest BCUT2D eigenvalue weighted by Crippen LogP contribution is 2.37. The number of fused-ring (bicyclic) bond motifs is 1. The van der Waals surface area contributed by atoms with Crippen molar-refractivity contribution in [2.75, 3.05) is 7.11 Å². The van der Waals surface area contributed by atoms with Gasteiger partial charge in [-0.2, -0.15) is 0 Å². The lowest BCUT2D eigenvalue weighted by molar-refractivity contribution is 0.0600. The first-order chi connectivity index (χ1) is 14.9. The van der Waals surface area contributed by atoms with Crippen LogP contribution >= 0.6 is 11.6 Å². The topological polar surface area (TPSA) is 61.8 Å². The van der Waals surface area contributed by atoms with Crippen LogP contribution in [0.25, 0.3) is 6.08 Å². The number of carbonyl (C=O) groups is 2. The van der Waals surface area contributed by atoms with Crippen molar-refractivity contribution in [3.63, 3.8) is 0 Å². The molecule has 5 nitrogen and oxygen atoms in total. The number of hydrogen-bond acceptors (Lipinski definition) is 5. The molecule has 156 valence electrons. The zero-order chi connectivity index (χ0) is 22.0. The molecule has 0 amide bonds. The Morgan fingerprint density at radius 1 is 1.06 bits per heavy atom. The van der Waals surface area contributed by atoms with E-state index in [4.69, 9.17) is 25.8 Å². The number of ether oxygens (including phenoxy) is 3. The highest BCUT2D eigenvalue weighted by Gasteiger charge is 2.30. The number of rotatable bonds is 5. The number of methoxy groups -OCH3 is 1. The summed E-state index contributed by atoms with van der Waals surface area (Å²) in [5.74, 6) is 0.699. The molecule has 0 atom stereocenters. The lowest BCUT2D eigenvalue weighted by Crippen LogP contribution is -2.01. The van der Waals surface area contributed by atoms with Crippen LogP contribution in [0.15, 0.2) is 66.4 Å². The minimum absolute atomic E-state index is 0.186. The first-order valence-electron chi connectivity index (χ1n) is 9.59. The number of Topliss-reactive ketones (excluding diaryl/α,β-unsaturated/α-hetero) is 1. The second kappa shape index (κ2) is 8.66. The van der Waals surface area contributed by atoms with Crippen LogP contribution in [0, 0.1) is 6.92 Å². The minimum Gasteiger partial charge on any atom is -0.489 e. The number of carbonyl (C=O) groups excluding carboxylic acids is 2. The fourth-order valence-electron chi connectivity index (χ4n) is 3.29. The molecule has 4 rings (SSSR count). The van der Waals surface area contributed by atoms with Crippen LogP contribution in [0.1, 0.15) is 37.4 Å². The van der Waals surface area contributed by atoms with Crippen LogP contribution in [0.4, 0.5) is 0 Å². The summed E-state index contributed by atoms with van der Waals surface area (Å²) in [5.41, 5.74) is 3.45. The van der Waals surface area contributed by atoms with Gasteiger partial charge in [0.15, 0.2) is 5.76 Å². The quantitative estimate of drug-likeness (QED) is 0.384. The van der Waals surface area contributed by atoms with E-state index in [0.29, 0.717) is 34.3 Å². The van der Waals surface area contributed by atoms with Gasteiger partial charge in [0.25, 0.3) is 0 Å². The van der Waals surface area contributed by atoms with Gasteiger partial charge in [-0.15, -0.1) is 0 Å². The van der Waals surface area contributed by atoms with Crippen molar-refractivity contribution in [2.24, 2.45) is 0 Å². The van der Waals surface area contributed by atoms with E-state index in [1.807, 2.05) is 37.3 Å². The van der Waals surface area contributed by atoms with E-state index in [-0.39, 0.29) is 11.5 Å². The summed E-state index contributed by atoms with van der Waals surface area (Å²) in [6.45, 7) is 2.22. The van der Waals surface area contributed by atoms with Gasteiger partial charge in [0.05, 0.1) is 18.2 Å². The molecule has 1 heterocycles. The molecular weight excluding hydrogens is 416 g/mol. The van der Waals surface area contributed by atoms with Crippen molar-refractivity contribution in [3.8, 4) is 11.5 Å². The van der Waals surface area contributed by atoms with Gasteiger partial charge in [-0.05, 0) is 60.0 Å². The Morgan fingerprint density at radius 2 is 1.77 bits per heavy atom. The summed E-state index contributed by atoms with van der Waals surface area (Å²) in [7, 11) is 1.33. The third-order valence-corrected chi connectivity index (χ3v) is 5.14. The smallest absolute Gasteiger partial charge is 0.337 e. The Morgan fingerprint density at radius 3 is 2.45 bits per heavy atom. The molecule has 0 bridgehead atoms. The molecule has 3 aromatic carbocycles. The molecule has 0 saturated heterocycles. The second-order valence-corrected chi connectivity index (χ2v) is 7.52. The Bertz CT molecular complexity index is 1180. The normalized spacial score (nSPS) is 13.6. The maximum absolute atomic E-state index is 12.8. The molecule has 0 aromatic heterocycles. The van der Waals surface area contributed by atoms with Crippen molar-refractivity contribution in [1.82, 2.24) is 0 Å². The average Bonchev–Trinajstić information content (AvgIpc) is 3.08. The van der Waals surface area contributed by atoms with E-state index in [0.717, 1.165) is 16.7 Å². The molecule has 0 unspecified atom stereocenters. The number of benzene rings is 3. The molecule has 0 spiro atoms. The van der Waals surface area contributed by atoms with Crippen LogP contribution < -0.4 is 9.47 Å². The predicted molar refractivity (Wildman–Crippen MR) is 118 cm³/mol. The molecule has 0 fully saturated rings. The Balaban J connectivity index is 1.52. The summed E-state index contributed by atoms with van der Waals surface area (Å²) in [4.78, 5) is 24.4. The van der Waals surface area contributed by atoms with Gasteiger partial charge in [0, 0.05) is 11.1 Å². The van der Waals surface area contributed by atoms with Crippen molar-refractivity contribution in [3.05, 3.63) is 99.3 Å². The number of esters is 1. The zero-order valence-electron chi connectivity index (χ0n) is 17.0. The molecule has 0 N–H and O–H groups in total. The number of ketones is 1. The number of allylic oxidation sites excluding steroid dienone is 1. The first-order valence-corrected chi connectivity index (χ1v) is 9.97. The van der Waals surface area contributed by atoms with Crippen molar-refractivity contribution >= 4 is 29.4 Å². The van der Waals surface area contributed by atoms with Crippen molar-refractivity contribution in [2.45, 2.75) is 13.5 Å². The summed E-state index contributed by atoms with van der Waals surface area (Å²) < 4.78 is 16.4. The number of hydrogen-bond donors (Lipinski definition) is 0. The highest BCUT2D eigenvalue weighted by molar-refractivity contribution is 6.30. The number of halogens is 1. The minimum atomic E-state index is -0.415. The van der Waals surface area contributed by atoms with Gasteiger partial charge in [0.1, 0.15) is 18.1 Å². The third kappa shape index (κ3) is 4.47. The fraction of sp³-hybridized carbons (Fsp3) is 0.120. The SMILES string of the molecule is COC(=O)c1ccc(/C=C2\Oc3cc(OCc4ccc(Cl)cc4)cc(C)c3C2=O)cc1. The summed E-state index contributed by atoms with van der Waals surface area (Å²) >= 11 is 5.91. The third-order valence-electron chi connectivity index (χ3n) is 4.89. The molecular formula is C25H19ClO5. The standard InChI is InChI=1S/C25H19ClO5/c1-15-11-20(30-14-17-5-9-19(26)10-6-17)13-21-23(15)24(27)22(31-21)12-16-3-7-18(8-4-16)25(28)29-2/h3-13H,14H2,1-2H3/b22-12-. The molecule has 0 radical (unpaired) electrons. The predicted octanol–water partition coefficient (Wildman–Crippen LogP) is 5.63. The lowest BCUT2D eigenvalue weighted by atomic mass is 10.0. The van der Waals surface area contributed by atoms with E-state index in [1.165, 1.54) is 7.11 Å². The summed E-state index contributed by atoms with van der Waals surface area (Å²) in [6.07, 6.45) is 1.65. The van der Waals surface area contributed by atoms with Gasteiger partial charge in [-0.25, -0.2) is 4.79 Å². The van der Waals surface area contributed by atoms with Crippen LogP contribution in [0.5, 0.6) is 11.5 Å². The largest absolute Gasteiger partial charge is 0.489 e. The van der Waals surface area contributed by atoms with E-state index in [1.54, 1.807) is 36.4 Å². The maximum atomic E-state index is 12.8. The Kier molecular flexibility index (Phi) is 5.78. The van der Waals surface area contributed by atoms with E-state index in [9.17, 15) is 9.59 Å². The molecule has 1 aliphatic rings. The average molecular weight is 435 g/mol. The van der Waals surface area contributed by atoms with Crippen molar-refractivity contribution < 1.29 is 23.8 Å². The van der Waals surface area contributed by atoms with Gasteiger partial charge >= 0.3 is 5.97 Å². The Hall–Kier alpha value is -3.57. The van der Waals surface area contributed by atoms with E-state index in [2.05, 4.69) is 0 Å². The molecule has 1 aliphatic heterocycles. The lowest BCUT2D eigenvalue weighted by Gasteiger charge is -2.09. The number of aryl methyl sites for hydroxylation is 1.